The van der Waals surface area contributed by atoms with E-state index in [1.54, 1.807) is 6.07 Å². The number of aryl methyl sites for hydroxylation is 2. The van der Waals surface area contributed by atoms with Crippen LogP contribution >= 0.6 is 0 Å². The van der Waals surface area contributed by atoms with Crippen molar-refractivity contribution < 1.29 is 0 Å². The number of aromatic nitrogens is 2. The van der Waals surface area contributed by atoms with Crippen LogP contribution in [0.2, 0.25) is 0 Å². The number of hydrogen-bond donors (Lipinski definition) is 3. The summed E-state index contributed by atoms with van der Waals surface area (Å²) in [5.41, 5.74) is 7.72. The highest BCUT2D eigenvalue weighted by Gasteiger charge is 2.20. The standard InChI is InChI=1S/C30H40N4O/c35-29-19-18-22-25(16-11-17-26(22)34-29)31-20-9-3-1-2-4-10-21-32-30-23-12-5-7-14-27(23)33-28-15-8-6-13-24(28)30/h5,7,12,14,18-19,25,31H,1-4,6,8-11,13,15-17,20-21H2,(H,32,33)(H,34,35)/t25-/m0/s1. The van der Waals surface area contributed by atoms with Crippen LogP contribution in [-0.4, -0.2) is 23.1 Å². The number of hydrogen-bond acceptors (Lipinski definition) is 4. The maximum atomic E-state index is 11.6. The van der Waals surface area contributed by atoms with E-state index in [0.29, 0.717) is 6.04 Å². The number of para-hydroxylation sites is 1. The summed E-state index contributed by atoms with van der Waals surface area (Å²) in [5.74, 6) is 0. The van der Waals surface area contributed by atoms with Crippen molar-refractivity contribution in [3.63, 3.8) is 0 Å². The highest BCUT2D eigenvalue weighted by Crippen LogP contribution is 2.33. The van der Waals surface area contributed by atoms with Crippen LogP contribution in [0, 0.1) is 0 Å². The zero-order valence-electron chi connectivity index (χ0n) is 21.0. The number of benzene rings is 1. The summed E-state index contributed by atoms with van der Waals surface area (Å²) in [6, 6.07) is 12.7. The minimum absolute atomic E-state index is 0.0214. The zero-order valence-corrected chi connectivity index (χ0v) is 21.0. The van der Waals surface area contributed by atoms with E-state index in [9.17, 15) is 4.79 Å². The fourth-order valence-corrected chi connectivity index (χ4v) is 5.93. The smallest absolute Gasteiger partial charge is 0.248 e. The molecule has 3 N–H and O–H groups in total. The van der Waals surface area contributed by atoms with Crippen LogP contribution in [0.25, 0.3) is 10.9 Å². The number of nitrogens with one attached hydrogen (secondary N) is 3. The molecule has 3 aromatic rings. The van der Waals surface area contributed by atoms with Crippen LogP contribution in [0.3, 0.4) is 0 Å². The predicted octanol–water partition coefficient (Wildman–Crippen LogP) is 6.22. The molecular weight excluding hydrogens is 432 g/mol. The second-order valence-electron chi connectivity index (χ2n) is 10.3. The molecule has 5 nitrogen and oxygen atoms in total. The first kappa shape index (κ1) is 24.1. The van der Waals surface area contributed by atoms with Crippen LogP contribution in [0.4, 0.5) is 5.69 Å². The van der Waals surface area contributed by atoms with Crippen molar-refractivity contribution in [1.29, 1.82) is 0 Å². The van der Waals surface area contributed by atoms with E-state index in [1.807, 2.05) is 6.07 Å². The molecule has 186 valence electrons. The number of anilines is 1. The molecule has 0 unspecified atom stereocenters. The van der Waals surface area contributed by atoms with Gasteiger partial charge in [0.05, 0.1) is 5.52 Å². The van der Waals surface area contributed by atoms with Crippen molar-refractivity contribution >= 4 is 16.6 Å². The van der Waals surface area contributed by atoms with Crippen molar-refractivity contribution in [2.75, 3.05) is 18.4 Å². The Balaban J connectivity index is 0.996. The molecule has 0 amide bonds. The molecule has 1 atom stereocenters. The number of unbranched alkanes of at least 4 members (excludes halogenated alkanes) is 5. The van der Waals surface area contributed by atoms with Crippen molar-refractivity contribution in [1.82, 2.24) is 15.3 Å². The van der Waals surface area contributed by atoms with Gasteiger partial charge in [-0.05, 0) is 81.5 Å². The Kier molecular flexibility index (Phi) is 8.14. The van der Waals surface area contributed by atoms with Gasteiger partial charge in [-0.25, -0.2) is 0 Å². The monoisotopic (exact) mass is 472 g/mol. The Morgan fingerprint density at radius 3 is 2.57 bits per heavy atom. The van der Waals surface area contributed by atoms with Gasteiger partial charge in [0, 0.05) is 41.1 Å². The first-order chi connectivity index (χ1) is 17.3. The average molecular weight is 473 g/mol. The third-order valence-electron chi connectivity index (χ3n) is 7.80. The lowest BCUT2D eigenvalue weighted by molar-refractivity contribution is 0.443. The lowest BCUT2D eigenvalue weighted by Crippen LogP contribution is -2.28. The number of fused-ring (bicyclic) bond motifs is 3. The van der Waals surface area contributed by atoms with E-state index < -0.39 is 0 Å². The molecular formula is C30H40N4O. The lowest BCUT2D eigenvalue weighted by atomic mass is 9.91. The maximum absolute atomic E-state index is 11.6. The highest BCUT2D eigenvalue weighted by atomic mass is 16.1. The van der Waals surface area contributed by atoms with Gasteiger partial charge < -0.3 is 15.6 Å². The molecule has 2 aliphatic carbocycles. The molecule has 0 aliphatic heterocycles. The quantitative estimate of drug-likeness (QED) is 0.290. The third-order valence-corrected chi connectivity index (χ3v) is 7.80. The van der Waals surface area contributed by atoms with E-state index in [4.69, 9.17) is 4.98 Å². The molecule has 0 fully saturated rings. The van der Waals surface area contributed by atoms with Gasteiger partial charge in [-0.2, -0.15) is 0 Å². The van der Waals surface area contributed by atoms with Gasteiger partial charge in [-0.3, -0.25) is 9.78 Å². The van der Waals surface area contributed by atoms with Crippen molar-refractivity contribution in [2.45, 2.75) is 89.5 Å². The Hall–Kier alpha value is -2.66. The summed E-state index contributed by atoms with van der Waals surface area (Å²) in [6.45, 7) is 2.11. The van der Waals surface area contributed by atoms with Crippen LogP contribution in [0.1, 0.15) is 92.8 Å². The normalized spacial score (nSPS) is 17.2. The van der Waals surface area contributed by atoms with E-state index in [-0.39, 0.29) is 5.56 Å². The molecule has 5 heteroatoms. The number of aromatic amines is 1. The predicted molar refractivity (Wildman–Crippen MR) is 145 cm³/mol. The van der Waals surface area contributed by atoms with Gasteiger partial charge in [-0.15, -0.1) is 0 Å². The van der Waals surface area contributed by atoms with Crippen LogP contribution < -0.4 is 16.2 Å². The number of rotatable bonds is 11. The van der Waals surface area contributed by atoms with Crippen molar-refractivity contribution in [2.24, 2.45) is 0 Å². The van der Waals surface area contributed by atoms with E-state index in [2.05, 4.69) is 39.9 Å². The summed E-state index contributed by atoms with van der Waals surface area (Å²) in [6.07, 6.45) is 15.8. The van der Waals surface area contributed by atoms with E-state index in [1.165, 1.54) is 85.7 Å². The molecule has 0 saturated carbocycles. The minimum atomic E-state index is 0.0214. The van der Waals surface area contributed by atoms with Crippen LogP contribution in [-0.2, 0) is 19.3 Å². The molecule has 2 aliphatic rings. The van der Waals surface area contributed by atoms with Crippen molar-refractivity contribution in [3.8, 4) is 0 Å². The first-order valence-corrected chi connectivity index (χ1v) is 13.9. The van der Waals surface area contributed by atoms with Gasteiger partial charge in [0.25, 0.3) is 0 Å². The zero-order chi connectivity index (χ0) is 23.9. The number of H-pyrrole nitrogens is 1. The summed E-state index contributed by atoms with van der Waals surface area (Å²) in [4.78, 5) is 19.6. The van der Waals surface area contributed by atoms with Gasteiger partial charge in [0.15, 0.2) is 0 Å². The summed E-state index contributed by atoms with van der Waals surface area (Å²) >= 11 is 0. The Morgan fingerprint density at radius 2 is 1.66 bits per heavy atom. The maximum Gasteiger partial charge on any atom is 0.248 e. The molecule has 5 rings (SSSR count). The molecule has 0 saturated heterocycles. The Morgan fingerprint density at radius 1 is 0.857 bits per heavy atom. The van der Waals surface area contributed by atoms with Crippen LogP contribution in [0.15, 0.2) is 41.2 Å². The highest BCUT2D eigenvalue weighted by molar-refractivity contribution is 5.93. The van der Waals surface area contributed by atoms with E-state index in [0.717, 1.165) is 50.0 Å². The molecule has 35 heavy (non-hydrogen) atoms. The Bertz CT molecular complexity index is 1180. The Labute approximate surface area is 209 Å². The molecule has 0 spiro atoms. The lowest BCUT2D eigenvalue weighted by Gasteiger charge is -2.26. The SMILES string of the molecule is O=c1ccc2c([nH]1)CCC[C@@H]2NCCCCCCCCNc1c2c(nc3ccccc13)CCCC2. The number of pyridine rings is 2. The van der Waals surface area contributed by atoms with Gasteiger partial charge in [-0.1, -0.05) is 49.9 Å². The van der Waals surface area contributed by atoms with Gasteiger partial charge in [0.1, 0.15) is 0 Å². The number of nitrogens with zero attached hydrogens (tertiary/aromatic N) is 1. The van der Waals surface area contributed by atoms with E-state index >= 15 is 0 Å². The van der Waals surface area contributed by atoms with Gasteiger partial charge in [0.2, 0.25) is 5.56 Å². The van der Waals surface area contributed by atoms with Gasteiger partial charge >= 0.3 is 0 Å². The second kappa shape index (κ2) is 11.9. The average Bonchev–Trinajstić information content (AvgIpc) is 2.89. The summed E-state index contributed by atoms with van der Waals surface area (Å²) in [5, 5.41) is 8.82. The molecule has 2 aromatic heterocycles. The molecule has 2 heterocycles. The topological polar surface area (TPSA) is 69.8 Å². The van der Waals surface area contributed by atoms with Crippen molar-refractivity contribution in [3.05, 3.63) is 69.3 Å². The fourth-order valence-electron chi connectivity index (χ4n) is 5.93. The minimum Gasteiger partial charge on any atom is -0.384 e. The molecule has 0 radical (unpaired) electrons. The largest absolute Gasteiger partial charge is 0.384 e. The summed E-state index contributed by atoms with van der Waals surface area (Å²) in [7, 11) is 0. The fraction of sp³-hybridized carbons (Fsp3) is 0.533. The first-order valence-electron chi connectivity index (χ1n) is 13.9. The summed E-state index contributed by atoms with van der Waals surface area (Å²) < 4.78 is 0. The van der Waals surface area contributed by atoms with Crippen LogP contribution in [0.5, 0.6) is 0 Å². The second-order valence-corrected chi connectivity index (χ2v) is 10.3. The molecule has 0 bridgehead atoms. The third kappa shape index (κ3) is 5.95. The molecule has 1 aromatic carbocycles.